The second-order valence-electron chi connectivity index (χ2n) is 5.23. The van der Waals surface area contributed by atoms with Gasteiger partial charge in [-0.15, -0.1) is 0 Å². The number of amides is 1. The molecule has 116 valence electrons. The Kier molecular flexibility index (Phi) is 4.98. The minimum absolute atomic E-state index is 0.00633. The molecule has 0 bridgehead atoms. The summed E-state index contributed by atoms with van der Waals surface area (Å²) in [6.07, 6.45) is 0.00633. The quantitative estimate of drug-likeness (QED) is 0.909. The standard InChI is InChI=1S/C16H18ClN3O2/c1-9(12-4-6-13(17)7-5-12)19-15(21)8-14-10(2)18-11(3)20-16(14)22/h4-7,9H,8H2,1-3H3,(H,19,21)(H,18,20,22)/t9-/m0/s1. The van der Waals surface area contributed by atoms with Gasteiger partial charge in [-0.25, -0.2) is 4.98 Å². The fourth-order valence-corrected chi connectivity index (χ4v) is 2.37. The van der Waals surface area contributed by atoms with Crippen molar-refractivity contribution >= 4 is 17.5 Å². The van der Waals surface area contributed by atoms with Gasteiger partial charge in [-0.3, -0.25) is 9.59 Å². The number of nitrogens with zero attached hydrogens (tertiary/aromatic N) is 1. The van der Waals surface area contributed by atoms with Gasteiger partial charge in [0.25, 0.3) is 5.56 Å². The fourth-order valence-electron chi connectivity index (χ4n) is 2.25. The van der Waals surface area contributed by atoms with Crippen LogP contribution in [0.4, 0.5) is 0 Å². The van der Waals surface area contributed by atoms with Crippen LogP contribution in [0.15, 0.2) is 29.1 Å². The molecule has 2 aromatic rings. The van der Waals surface area contributed by atoms with E-state index in [0.29, 0.717) is 22.1 Å². The monoisotopic (exact) mass is 319 g/mol. The van der Waals surface area contributed by atoms with E-state index >= 15 is 0 Å². The van der Waals surface area contributed by atoms with Crippen LogP contribution >= 0.6 is 11.6 Å². The summed E-state index contributed by atoms with van der Waals surface area (Å²) in [7, 11) is 0. The Morgan fingerprint density at radius 1 is 1.32 bits per heavy atom. The van der Waals surface area contributed by atoms with Crippen molar-refractivity contribution in [2.45, 2.75) is 33.2 Å². The van der Waals surface area contributed by atoms with Crippen LogP contribution in [0, 0.1) is 13.8 Å². The number of carbonyl (C=O) groups is 1. The highest BCUT2D eigenvalue weighted by Gasteiger charge is 2.14. The topological polar surface area (TPSA) is 74.8 Å². The Bertz CT molecular complexity index is 738. The molecule has 0 spiro atoms. The van der Waals surface area contributed by atoms with Crippen molar-refractivity contribution in [2.24, 2.45) is 0 Å². The van der Waals surface area contributed by atoms with Crippen LogP contribution in [0.1, 0.15) is 35.6 Å². The van der Waals surface area contributed by atoms with Crippen molar-refractivity contribution in [1.82, 2.24) is 15.3 Å². The molecule has 6 heteroatoms. The SMILES string of the molecule is Cc1nc(C)c(CC(=O)N[C@@H](C)c2ccc(Cl)cc2)c(=O)[nH]1. The fraction of sp³-hybridized carbons (Fsp3) is 0.312. The number of hydrogen-bond donors (Lipinski definition) is 2. The van der Waals surface area contributed by atoms with Gasteiger partial charge in [0, 0.05) is 16.3 Å². The van der Waals surface area contributed by atoms with Crippen molar-refractivity contribution < 1.29 is 4.79 Å². The average molecular weight is 320 g/mol. The van der Waals surface area contributed by atoms with Crippen LogP contribution in [-0.2, 0) is 11.2 Å². The molecule has 1 aromatic heterocycles. The van der Waals surface area contributed by atoms with Gasteiger partial charge >= 0.3 is 0 Å². The molecular weight excluding hydrogens is 302 g/mol. The number of carbonyl (C=O) groups excluding carboxylic acids is 1. The second-order valence-corrected chi connectivity index (χ2v) is 5.67. The third-order valence-corrected chi connectivity index (χ3v) is 3.68. The van der Waals surface area contributed by atoms with Crippen molar-refractivity contribution in [3.63, 3.8) is 0 Å². The zero-order chi connectivity index (χ0) is 16.3. The van der Waals surface area contributed by atoms with Crippen LogP contribution in [-0.4, -0.2) is 15.9 Å². The predicted octanol–water partition coefficient (Wildman–Crippen LogP) is 2.46. The number of rotatable bonds is 4. The molecule has 2 N–H and O–H groups in total. The lowest BCUT2D eigenvalue weighted by molar-refractivity contribution is -0.121. The minimum Gasteiger partial charge on any atom is -0.349 e. The van der Waals surface area contributed by atoms with E-state index in [2.05, 4.69) is 15.3 Å². The minimum atomic E-state index is -0.265. The van der Waals surface area contributed by atoms with Gasteiger partial charge in [0.15, 0.2) is 0 Å². The Morgan fingerprint density at radius 2 is 1.95 bits per heavy atom. The third-order valence-electron chi connectivity index (χ3n) is 3.43. The molecule has 5 nitrogen and oxygen atoms in total. The van der Waals surface area contributed by atoms with Gasteiger partial charge in [-0.2, -0.15) is 0 Å². The van der Waals surface area contributed by atoms with Gasteiger partial charge in [0.1, 0.15) is 5.82 Å². The summed E-state index contributed by atoms with van der Waals surface area (Å²) in [4.78, 5) is 30.8. The highest BCUT2D eigenvalue weighted by molar-refractivity contribution is 6.30. The summed E-state index contributed by atoms with van der Waals surface area (Å²) in [5.74, 6) is 0.322. The molecule has 0 aliphatic carbocycles. The molecule has 1 amide bonds. The van der Waals surface area contributed by atoms with Gasteiger partial charge < -0.3 is 10.3 Å². The maximum absolute atomic E-state index is 12.1. The Morgan fingerprint density at radius 3 is 2.55 bits per heavy atom. The summed E-state index contributed by atoms with van der Waals surface area (Å²) in [6, 6.07) is 7.11. The molecule has 1 heterocycles. The molecule has 0 saturated carbocycles. The molecule has 0 radical (unpaired) electrons. The third kappa shape index (κ3) is 3.95. The molecule has 22 heavy (non-hydrogen) atoms. The average Bonchev–Trinajstić information content (AvgIpc) is 2.43. The molecule has 0 saturated heterocycles. The van der Waals surface area contributed by atoms with Gasteiger partial charge in [-0.1, -0.05) is 23.7 Å². The highest BCUT2D eigenvalue weighted by atomic mass is 35.5. The van der Waals surface area contributed by atoms with E-state index < -0.39 is 0 Å². The number of nitrogens with one attached hydrogen (secondary N) is 2. The maximum Gasteiger partial charge on any atom is 0.254 e. The molecule has 0 aliphatic heterocycles. The number of halogens is 1. The number of aryl methyl sites for hydroxylation is 2. The first-order chi connectivity index (χ1) is 10.4. The predicted molar refractivity (Wildman–Crippen MR) is 86.0 cm³/mol. The lowest BCUT2D eigenvalue weighted by atomic mass is 10.1. The van der Waals surface area contributed by atoms with Crippen molar-refractivity contribution in [2.75, 3.05) is 0 Å². The van der Waals surface area contributed by atoms with Gasteiger partial charge in [-0.05, 0) is 38.5 Å². The lowest BCUT2D eigenvalue weighted by Gasteiger charge is -2.14. The molecule has 1 atom stereocenters. The summed E-state index contributed by atoms with van der Waals surface area (Å²) in [5, 5.41) is 3.52. The smallest absolute Gasteiger partial charge is 0.254 e. The first-order valence-electron chi connectivity index (χ1n) is 6.98. The number of benzene rings is 1. The molecule has 1 aromatic carbocycles. The van der Waals surface area contributed by atoms with E-state index in [1.807, 2.05) is 19.1 Å². The van der Waals surface area contributed by atoms with Crippen molar-refractivity contribution in [3.05, 3.63) is 62.3 Å². The highest BCUT2D eigenvalue weighted by Crippen LogP contribution is 2.16. The number of hydrogen-bond acceptors (Lipinski definition) is 3. The molecule has 0 fully saturated rings. The number of aromatic nitrogens is 2. The molecule has 0 aliphatic rings. The van der Waals surface area contributed by atoms with Crippen LogP contribution in [0.5, 0.6) is 0 Å². The maximum atomic E-state index is 12.1. The van der Waals surface area contributed by atoms with Gasteiger partial charge in [0.05, 0.1) is 12.5 Å². The Hall–Kier alpha value is -2.14. The Balaban J connectivity index is 2.07. The van der Waals surface area contributed by atoms with E-state index in [9.17, 15) is 9.59 Å². The summed E-state index contributed by atoms with van der Waals surface area (Å²) >= 11 is 5.84. The van der Waals surface area contributed by atoms with Crippen LogP contribution < -0.4 is 10.9 Å². The zero-order valence-electron chi connectivity index (χ0n) is 12.7. The van der Waals surface area contributed by atoms with Crippen LogP contribution in [0.25, 0.3) is 0 Å². The van der Waals surface area contributed by atoms with Crippen LogP contribution in [0.2, 0.25) is 5.02 Å². The van der Waals surface area contributed by atoms with E-state index in [4.69, 9.17) is 11.6 Å². The van der Waals surface area contributed by atoms with E-state index in [1.165, 1.54) is 0 Å². The first kappa shape index (κ1) is 16.2. The van der Waals surface area contributed by atoms with Crippen molar-refractivity contribution in [1.29, 1.82) is 0 Å². The van der Waals surface area contributed by atoms with E-state index in [0.717, 1.165) is 5.56 Å². The number of aromatic amines is 1. The van der Waals surface area contributed by atoms with Crippen molar-refractivity contribution in [3.8, 4) is 0 Å². The summed E-state index contributed by atoms with van der Waals surface area (Å²) < 4.78 is 0. The zero-order valence-corrected chi connectivity index (χ0v) is 13.5. The molecule has 0 unspecified atom stereocenters. The summed E-state index contributed by atoms with van der Waals surface area (Å²) in [5.41, 5.74) is 1.66. The van der Waals surface area contributed by atoms with E-state index in [1.54, 1.807) is 26.0 Å². The first-order valence-corrected chi connectivity index (χ1v) is 7.36. The normalized spacial score (nSPS) is 12.0. The largest absolute Gasteiger partial charge is 0.349 e. The molecular formula is C16H18ClN3O2. The lowest BCUT2D eigenvalue weighted by Crippen LogP contribution is -2.31. The second kappa shape index (κ2) is 6.75. The van der Waals surface area contributed by atoms with Gasteiger partial charge in [0.2, 0.25) is 5.91 Å². The van der Waals surface area contributed by atoms with E-state index in [-0.39, 0.29) is 23.9 Å². The van der Waals surface area contributed by atoms with Crippen LogP contribution in [0.3, 0.4) is 0 Å². The number of H-pyrrole nitrogens is 1. The molecule has 2 rings (SSSR count). The summed E-state index contributed by atoms with van der Waals surface area (Å²) in [6.45, 7) is 5.32. The Labute approximate surface area is 133 Å².